The molecule has 2 unspecified atom stereocenters. The first-order valence-electron chi connectivity index (χ1n) is 9.49. The van der Waals surface area contributed by atoms with Crippen LogP contribution in [0.25, 0.3) is 11.1 Å². The molecule has 3 rings (SSSR count). The molecule has 4 nitrogen and oxygen atoms in total. The lowest BCUT2D eigenvalue weighted by molar-refractivity contribution is 0.0691. The summed E-state index contributed by atoms with van der Waals surface area (Å²) in [5.41, 5.74) is 10.2. The molecule has 2 aromatic carbocycles. The minimum atomic E-state index is -0.333. The topological polar surface area (TPSA) is 50.9 Å². The fourth-order valence-electron chi connectivity index (χ4n) is 3.71. The Morgan fingerprint density at radius 3 is 2.71 bits per heavy atom. The largest absolute Gasteiger partial charge is 0.381 e. The van der Waals surface area contributed by atoms with Crippen molar-refractivity contribution < 1.29 is 9.13 Å². The van der Waals surface area contributed by atoms with Crippen LogP contribution in [-0.4, -0.2) is 43.7 Å². The molecular weight excluding hydrogens is 377 g/mol. The van der Waals surface area contributed by atoms with Crippen LogP contribution in [0.4, 0.5) is 4.39 Å². The maximum Gasteiger partial charge on any atom is 0.191 e. The van der Waals surface area contributed by atoms with Crippen LogP contribution >= 0.6 is 11.6 Å². The first kappa shape index (κ1) is 20.6. The van der Waals surface area contributed by atoms with Gasteiger partial charge in [0.2, 0.25) is 0 Å². The normalized spacial score (nSPS) is 22.3. The Labute approximate surface area is 171 Å². The van der Waals surface area contributed by atoms with Gasteiger partial charge in [-0.3, -0.25) is 4.99 Å². The number of ether oxygens (including phenoxy) is 1. The third-order valence-electron chi connectivity index (χ3n) is 5.50. The third kappa shape index (κ3) is 4.83. The standard InChI is InChI=1S/C22H27ClFN3O/c1-14-8-16(17-9-18(23)12-19(24)10-17)5-4-15(14)11-20-13-21(28-3)6-7-26-22(25)27(20)2/h4-5,8-10,12,20-21H,6-7,11,13H2,1-3H3,(H2,25,26). The number of benzene rings is 2. The van der Waals surface area contributed by atoms with Gasteiger partial charge in [-0.05, 0) is 66.6 Å². The molecule has 0 saturated carbocycles. The Kier molecular flexibility index (Phi) is 6.57. The summed E-state index contributed by atoms with van der Waals surface area (Å²) in [6.07, 6.45) is 2.77. The van der Waals surface area contributed by atoms with Crippen LogP contribution in [-0.2, 0) is 11.2 Å². The van der Waals surface area contributed by atoms with E-state index >= 15 is 0 Å². The molecule has 1 heterocycles. The second-order valence-corrected chi connectivity index (χ2v) is 7.83. The molecule has 0 aromatic heterocycles. The number of hydrogen-bond donors (Lipinski definition) is 1. The van der Waals surface area contributed by atoms with Gasteiger partial charge < -0.3 is 15.4 Å². The van der Waals surface area contributed by atoms with Crippen molar-refractivity contribution in [2.75, 3.05) is 20.7 Å². The minimum absolute atomic E-state index is 0.165. The van der Waals surface area contributed by atoms with Gasteiger partial charge in [0.1, 0.15) is 5.82 Å². The van der Waals surface area contributed by atoms with E-state index in [2.05, 4.69) is 24.0 Å². The van der Waals surface area contributed by atoms with Crippen LogP contribution in [0.2, 0.25) is 5.02 Å². The molecular formula is C22H27ClFN3O. The third-order valence-corrected chi connectivity index (χ3v) is 5.71. The molecule has 0 aliphatic carbocycles. The number of likely N-dealkylation sites (N-methyl/N-ethyl adjacent to an activating group) is 1. The SMILES string of the molecule is COC1CC/N=C(/N)N(C)C(Cc2ccc(-c3cc(F)cc(Cl)c3)cc2C)C1. The highest BCUT2D eigenvalue weighted by atomic mass is 35.5. The number of guanidine groups is 1. The molecule has 1 aliphatic heterocycles. The molecule has 2 N–H and O–H groups in total. The fourth-order valence-corrected chi connectivity index (χ4v) is 3.94. The average Bonchev–Trinajstić information content (AvgIpc) is 2.65. The van der Waals surface area contributed by atoms with Gasteiger partial charge in [-0.2, -0.15) is 0 Å². The summed E-state index contributed by atoms with van der Waals surface area (Å²) in [5, 5.41) is 0.397. The predicted molar refractivity (Wildman–Crippen MR) is 113 cm³/mol. The quantitative estimate of drug-likeness (QED) is 0.822. The number of halogens is 2. The number of aliphatic imine (C=N–C) groups is 1. The lowest BCUT2D eigenvalue weighted by Crippen LogP contribution is -2.46. The molecule has 2 atom stereocenters. The van der Waals surface area contributed by atoms with Gasteiger partial charge in [0.25, 0.3) is 0 Å². The van der Waals surface area contributed by atoms with Gasteiger partial charge >= 0.3 is 0 Å². The Morgan fingerprint density at radius 1 is 1.25 bits per heavy atom. The lowest BCUT2D eigenvalue weighted by atomic mass is 9.93. The highest BCUT2D eigenvalue weighted by molar-refractivity contribution is 6.30. The molecule has 28 heavy (non-hydrogen) atoms. The van der Waals surface area contributed by atoms with Crippen LogP contribution in [0.5, 0.6) is 0 Å². The maximum absolute atomic E-state index is 13.7. The number of methoxy groups -OCH3 is 1. The predicted octanol–water partition coefficient (Wildman–Crippen LogP) is 4.42. The van der Waals surface area contributed by atoms with Crippen molar-refractivity contribution in [3.05, 3.63) is 58.4 Å². The monoisotopic (exact) mass is 403 g/mol. The van der Waals surface area contributed by atoms with E-state index in [9.17, 15) is 4.39 Å². The maximum atomic E-state index is 13.7. The van der Waals surface area contributed by atoms with Crippen molar-refractivity contribution >= 4 is 17.6 Å². The van der Waals surface area contributed by atoms with E-state index in [-0.39, 0.29) is 18.0 Å². The van der Waals surface area contributed by atoms with Crippen LogP contribution in [0, 0.1) is 12.7 Å². The molecule has 0 bridgehead atoms. The second-order valence-electron chi connectivity index (χ2n) is 7.39. The fraction of sp³-hybridized carbons (Fsp3) is 0.409. The Hall–Kier alpha value is -2.11. The first-order valence-corrected chi connectivity index (χ1v) is 9.86. The number of aryl methyl sites for hydroxylation is 1. The van der Waals surface area contributed by atoms with E-state index < -0.39 is 0 Å². The molecule has 0 amide bonds. The molecule has 150 valence electrons. The first-order chi connectivity index (χ1) is 13.4. The van der Waals surface area contributed by atoms with Gasteiger partial charge in [0, 0.05) is 31.8 Å². The molecule has 0 radical (unpaired) electrons. The highest BCUT2D eigenvalue weighted by Gasteiger charge is 2.24. The lowest BCUT2D eigenvalue weighted by Gasteiger charge is -2.34. The van der Waals surface area contributed by atoms with Crippen molar-refractivity contribution in [3.8, 4) is 11.1 Å². The van der Waals surface area contributed by atoms with Crippen molar-refractivity contribution in [1.29, 1.82) is 0 Å². The second kappa shape index (κ2) is 8.93. The molecule has 0 spiro atoms. The van der Waals surface area contributed by atoms with Gasteiger partial charge in [0.05, 0.1) is 6.10 Å². The molecule has 6 heteroatoms. The zero-order chi connectivity index (χ0) is 20.3. The van der Waals surface area contributed by atoms with Crippen molar-refractivity contribution in [1.82, 2.24) is 4.90 Å². The summed E-state index contributed by atoms with van der Waals surface area (Å²) < 4.78 is 19.3. The van der Waals surface area contributed by atoms with E-state index in [1.807, 2.05) is 18.0 Å². The summed E-state index contributed by atoms with van der Waals surface area (Å²) >= 11 is 6.01. The van der Waals surface area contributed by atoms with Gasteiger partial charge in [-0.15, -0.1) is 0 Å². The van der Waals surface area contributed by atoms with Gasteiger partial charge in [0.15, 0.2) is 5.96 Å². The van der Waals surface area contributed by atoms with Crippen LogP contribution in [0.15, 0.2) is 41.4 Å². The Bertz CT molecular complexity index is 851. The Balaban J connectivity index is 1.85. The zero-order valence-electron chi connectivity index (χ0n) is 16.6. The summed E-state index contributed by atoms with van der Waals surface area (Å²) in [6, 6.07) is 11.0. The number of nitrogens with two attached hydrogens (primary N) is 1. The summed E-state index contributed by atoms with van der Waals surface area (Å²) in [7, 11) is 3.74. The van der Waals surface area contributed by atoms with Gasteiger partial charge in [-0.1, -0.05) is 29.8 Å². The average molecular weight is 404 g/mol. The zero-order valence-corrected chi connectivity index (χ0v) is 17.3. The van der Waals surface area contributed by atoms with E-state index in [4.69, 9.17) is 22.1 Å². The summed E-state index contributed by atoms with van der Waals surface area (Å²) in [5.74, 6) is 0.240. The van der Waals surface area contributed by atoms with Gasteiger partial charge in [-0.25, -0.2) is 4.39 Å². The van der Waals surface area contributed by atoms with Crippen molar-refractivity contribution in [3.63, 3.8) is 0 Å². The van der Waals surface area contributed by atoms with Crippen LogP contribution < -0.4 is 5.73 Å². The van der Waals surface area contributed by atoms with E-state index in [1.165, 1.54) is 17.7 Å². The highest BCUT2D eigenvalue weighted by Crippen LogP contribution is 2.28. The van der Waals surface area contributed by atoms with Crippen LogP contribution in [0.3, 0.4) is 0 Å². The number of nitrogens with zero attached hydrogens (tertiary/aromatic N) is 2. The molecule has 1 aliphatic rings. The van der Waals surface area contributed by atoms with E-state index in [0.717, 1.165) is 36.0 Å². The molecule has 0 fully saturated rings. The Morgan fingerprint density at radius 2 is 2.04 bits per heavy atom. The molecule has 2 aromatic rings. The summed E-state index contributed by atoms with van der Waals surface area (Å²) in [6.45, 7) is 2.76. The van der Waals surface area contributed by atoms with E-state index in [1.54, 1.807) is 13.2 Å². The smallest absolute Gasteiger partial charge is 0.191 e. The molecule has 0 saturated heterocycles. The summed E-state index contributed by atoms with van der Waals surface area (Å²) in [4.78, 5) is 6.49. The van der Waals surface area contributed by atoms with E-state index in [0.29, 0.717) is 17.5 Å². The number of rotatable bonds is 4. The van der Waals surface area contributed by atoms with Crippen molar-refractivity contribution in [2.24, 2.45) is 10.7 Å². The minimum Gasteiger partial charge on any atom is -0.381 e. The van der Waals surface area contributed by atoms with Crippen LogP contribution in [0.1, 0.15) is 24.0 Å². The number of hydrogen-bond acceptors (Lipinski definition) is 4. The van der Waals surface area contributed by atoms with Crippen molar-refractivity contribution in [2.45, 2.75) is 38.3 Å².